The fraction of sp³-hybridized carbons (Fsp3) is 0.0952. The predicted octanol–water partition coefficient (Wildman–Crippen LogP) is 4.35. The van der Waals surface area contributed by atoms with Crippen molar-refractivity contribution in [2.24, 2.45) is 0 Å². The lowest BCUT2D eigenvalue weighted by Gasteiger charge is -2.18. The van der Waals surface area contributed by atoms with Crippen LogP contribution in [0.15, 0.2) is 78.9 Å². The Morgan fingerprint density at radius 3 is 2.33 bits per heavy atom. The summed E-state index contributed by atoms with van der Waals surface area (Å²) in [6.07, 6.45) is 0. The molecular weight excluding hydrogens is 298 g/mol. The monoisotopic (exact) mass is 315 g/mol. The number of nitrogens with one attached hydrogen (secondary N) is 1. The van der Waals surface area contributed by atoms with Crippen molar-refractivity contribution in [1.29, 1.82) is 0 Å². The highest BCUT2D eigenvalue weighted by Crippen LogP contribution is 2.37. The Hall–Kier alpha value is -3.07. The molecule has 1 amide bonds. The average Bonchev–Trinajstić information content (AvgIpc) is 2.79. The first kappa shape index (κ1) is 14.5. The molecule has 4 rings (SSSR count). The molecule has 0 saturated heterocycles. The van der Waals surface area contributed by atoms with Gasteiger partial charge in [-0.2, -0.15) is 0 Å². The number of amides is 1. The maximum Gasteiger partial charge on any atom is 0.236 e. The van der Waals surface area contributed by atoms with Crippen LogP contribution in [0.3, 0.4) is 0 Å². The maximum absolute atomic E-state index is 13.1. The van der Waals surface area contributed by atoms with Crippen LogP contribution in [-0.2, 0) is 11.4 Å². The number of hydrogen-bond donors (Lipinski definition) is 1. The van der Waals surface area contributed by atoms with Crippen LogP contribution in [0.25, 0.3) is 0 Å². The second-order valence-corrected chi connectivity index (χ2v) is 5.81. The predicted molar refractivity (Wildman–Crippen MR) is 94.1 cm³/mol. The molecule has 3 aromatic carbocycles. The Morgan fingerprint density at radius 2 is 1.50 bits per heavy atom. The molecule has 3 nitrogen and oxygen atoms in total. The molecule has 0 bridgehead atoms. The van der Waals surface area contributed by atoms with Gasteiger partial charge in [-0.3, -0.25) is 4.79 Å². The Labute approximate surface area is 140 Å². The van der Waals surface area contributed by atoms with Crippen molar-refractivity contribution in [3.63, 3.8) is 0 Å². The minimum atomic E-state index is -0.389. The highest BCUT2D eigenvalue weighted by molar-refractivity contribution is 5.99. The number of anilines is 1. The van der Waals surface area contributed by atoms with Crippen molar-refractivity contribution < 1.29 is 9.53 Å². The largest absolute Gasteiger partial charge is 0.489 e. The molecule has 0 aliphatic carbocycles. The molecule has 0 saturated carbocycles. The molecule has 1 unspecified atom stereocenters. The first-order valence-corrected chi connectivity index (χ1v) is 7.98. The summed E-state index contributed by atoms with van der Waals surface area (Å²) in [6.45, 7) is 0.475. The second kappa shape index (κ2) is 6.20. The number of ether oxygens (including phenoxy) is 1. The molecule has 0 fully saturated rings. The van der Waals surface area contributed by atoms with Crippen LogP contribution in [0.5, 0.6) is 5.75 Å². The number of hydrogen-bond acceptors (Lipinski definition) is 2. The Balaban J connectivity index is 1.79. The van der Waals surface area contributed by atoms with Crippen molar-refractivity contribution in [1.82, 2.24) is 0 Å². The van der Waals surface area contributed by atoms with E-state index >= 15 is 0 Å². The van der Waals surface area contributed by atoms with Gasteiger partial charge in [0.25, 0.3) is 0 Å². The van der Waals surface area contributed by atoms with Crippen LogP contribution in [0.2, 0.25) is 0 Å². The Bertz CT molecular complexity index is 826. The van der Waals surface area contributed by atoms with E-state index in [1.54, 1.807) is 0 Å². The number of carbonyl (C=O) groups excluding carboxylic acids is 1. The van der Waals surface area contributed by atoms with E-state index in [2.05, 4.69) is 5.32 Å². The van der Waals surface area contributed by atoms with Crippen LogP contribution >= 0.6 is 0 Å². The van der Waals surface area contributed by atoms with Crippen LogP contribution in [0.1, 0.15) is 22.6 Å². The first-order chi connectivity index (χ1) is 11.8. The summed E-state index contributed by atoms with van der Waals surface area (Å²) < 4.78 is 5.93. The molecule has 24 heavy (non-hydrogen) atoms. The van der Waals surface area contributed by atoms with E-state index < -0.39 is 0 Å². The van der Waals surface area contributed by atoms with Gasteiger partial charge in [-0.1, -0.05) is 60.7 Å². The normalized spacial score (nSPS) is 15.4. The maximum atomic E-state index is 13.1. The minimum Gasteiger partial charge on any atom is -0.489 e. The summed E-state index contributed by atoms with van der Waals surface area (Å²) in [5.74, 6) is 0.327. The minimum absolute atomic E-state index is 0.0494. The Kier molecular flexibility index (Phi) is 3.75. The molecular formula is C21H17NO2. The third-order valence-corrected chi connectivity index (χ3v) is 4.28. The quantitative estimate of drug-likeness (QED) is 0.763. The fourth-order valence-corrected chi connectivity index (χ4v) is 3.14. The van der Waals surface area contributed by atoms with E-state index in [0.29, 0.717) is 6.61 Å². The standard InChI is InChI=1S/C21H17NO2/c23-21(22-16-9-2-1-3-10-16)20-17-11-5-4-8-15(17)14-24-19-13-7-6-12-18(19)20/h1-13,20H,14H2,(H,22,23). The summed E-state index contributed by atoms with van der Waals surface area (Å²) in [6, 6.07) is 25.3. The van der Waals surface area contributed by atoms with E-state index in [9.17, 15) is 4.79 Å². The van der Waals surface area contributed by atoms with Crippen molar-refractivity contribution in [3.05, 3.63) is 95.6 Å². The van der Waals surface area contributed by atoms with Crippen LogP contribution in [-0.4, -0.2) is 5.91 Å². The molecule has 3 heteroatoms. The zero-order valence-electron chi connectivity index (χ0n) is 13.1. The molecule has 1 aliphatic rings. The molecule has 1 atom stereocenters. The van der Waals surface area contributed by atoms with Gasteiger partial charge in [-0.15, -0.1) is 0 Å². The summed E-state index contributed by atoms with van der Waals surface area (Å²) >= 11 is 0. The van der Waals surface area contributed by atoms with Crippen LogP contribution in [0, 0.1) is 0 Å². The topological polar surface area (TPSA) is 38.3 Å². The van der Waals surface area contributed by atoms with E-state index in [4.69, 9.17) is 4.74 Å². The van der Waals surface area contributed by atoms with Gasteiger partial charge in [-0.05, 0) is 29.3 Å². The van der Waals surface area contributed by atoms with Gasteiger partial charge in [-0.25, -0.2) is 0 Å². The van der Waals surface area contributed by atoms with Gasteiger partial charge < -0.3 is 10.1 Å². The van der Waals surface area contributed by atoms with E-state index in [1.165, 1.54) is 0 Å². The fourth-order valence-electron chi connectivity index (χ4n) is 3.14. The van der Waals surface area contributed by atoms with Gasteiger partial charge in [0.05, 0.1) is 5.92 Å². The number of rotatable bonds is 2. The molecule has 3 aromatic rings. The van der Waals surface area contributed by atoms with E-state index in [1.807, 2.05) is 78.9 Å². The molecule has 1 aliphatic heterocycles. The van der Waals surface area contributed by atoms with Gasteiger partial charge in [0, 0.05) is 11.3 Å². The van der Waals surface area contributed by atoms with Crippen molar-refractivity contribution >= 4 is 11.6 Å². The molecule has 118 valence electrons. The third-order valence-electron chi connectivity index (χ3n) is 4.28. The van der Waals surface area contributed by atoms with Crippen molar-refractivity contribution in [2.45, 2.75) is 12.5 Å². The lowest BCUT2D eigenvalue weighted by Crippen LogP contribution is -2.22. The average molecular weight is 315 g/mol. The van der Waals surface area contributed by atoms with E-state index in [-0.39, 0.29) is 11.8 Å². The molecule has 0 radical (unpaired) electrons. The zero-order chi connectivity index (χ0) is 16.4. The van der Waals surface area contributed by atoms with Gasteiger partial charge in [0.2, 0.25) is 5.91 Å². The molecule has 0 spiro atoms. The summed E-state index contributed by atoms with van der Waals surface area (Å²) in [5.41, 5.74) is 3.73. The number of carbonyl (C=O) groups is 1. The second-order valence-electron chi connectivity index (χ2n) is 5.81. The van der Waals surface area contributed by atoms with Crippen molar-refractivity contribution in [2.75, 3.05) is 5.32 Å². The highest BCUT2D eigenvalue weighted by atomic mass is 16.5. The van der Waals surface area contributed by atoms with Crippen molar-refractivity contribution in [3.8, 4) is 5.75 Å². The smallest absolute Gasteiger partial charge is 0.236 e. The number of benzene rings is 3. The first-order valence-electron chi connectivity index (χ1n) is 7.98. The van der Waals surface area contributed by atoms with Crippen LogP contribution in [0.4, 0.5) is 5.69 Å². The Morgan fingerprint density at radius 1 is 0.833 bits per heavy atom. The summed E-state index contributed by atoms with van der Waals surface area (Å²) in [5, 5.41) is 3.03. The molecule has 1 heterocycles. The number of fused-ring (bicyclic) bond motifs is 2. The number of para-hydroxylation sites is 2. The van der Waals surface area contributed by atoms with Gasteiger partial charge in [0.15, 0.2) is 0 Å². The van der Waals surface area contributed by atoms with Gasteiger partial charge in [0.1, 0.15) is 12.4 Å². The zero-order valence-corrected chi connectivity index (χ0v) is 13.1. The van der Waals surface area contributed by atoms with Gasteiger partial charge >= 0.3 is 0 Å². The molecule has 0 aromatic heterocycles. The highest BCUT2D eigenvalue weighted by Gasteiger charge is 2.30. The SMILES string of the molecule is O=C(Nc1ccccc1)C1c2ccccc2COc2ccccc21. The lowest BCUT2D eigenvalue weighted by atomic mass is 9.87. The summed E-state index contributed by atoms with van der Waals surface area (Å²) in [4.78, 5) is 13.1. The lowest BCUT2D eigenvalue weighted by molar-refractivity contribution is -0.116. The van der Waals surface area contributed by atoms with E-state index in [0.717, 1.165) is 28.1 Å². The summed E-state index contributed by atoms with van der Waals surface area (Å²) in [7, 11) is 0. The molecule has 1 N–H and O–H groups in total. The van der Waals surface area contributed by atoms with Crippen LogP contribution < -0.4 is 10.1 Å². The third kappa shape index (κ3) is 2.65.